The zero-order chi connectivity index (χ0) is 18.2. The molecule has 0 aliphatic heterocycles. The van der Waals surface area contributed by atoms with Gasteiger partial charge in [-0.05, 0) is 29.9 Å². The number of hydrogen-bond acceptors (Lipinski definition) is 2. The Hall–Kier alpha value is -2.04. The summed E-state index contributed by atoms with van der Waals surface area (Å²) >= 11 is 0. The van der Waals surface area contributed by atoms with Crippen LogP contribution in [-0.2, 0) is 16.6 Å². The van der Waals surface area contributed by atoms with E-state index in [1.54, 1.807) is 19.0 Å². The summed E-state index contributed by atoms with van der Waals surface area (Å²) in [6.07, 6.45) is 0.913. The Bertz CT molecular complexity index is 541. The summed E-state index contributed by atoms with van der Waals surface area (Å²) < 4.78 is 0. The van der Waals surface area contributed by atoms with Crippen LogP contribution in [0.4, 0.5) is 0 Å². The number of nitrogens with zero attached hydrogens (tertiary/aromatic N) is 2. The third kappa shape index (κ3) is 7.02. The lowest BCUT2D eigenvalue weighted by atomic mass is 9.86. The van der Waals surface area contributed by atoms with Gasteiger partial charge >= 0.3 is 0 Å². The van der Waals surface area contributed by atoms with Crippen molar-refractivity contribution in [3.63, 3.8) is 0 Å². The molecule has 5 nitrogen and oxygen atoms in total. The van der Waals surface area contributed by atoms with E-state index < -0.39 is 0 Å². The fourth-order valence-electron chi connectivity index (χ4n) is 2.13. The van der Waals surface area contributed by atoms with Gasteiger partial charge in [-0.25, -0.2) is 4.99 Å². The van der Waals surface area contributed by atoms with Gasteiger partial charge in [0.25, 0.3) is 0 Å². The van der Waals surface area contributed by atoms with Crippen LogP contribution in [0.1, 0.15) is 38.8 Å². The van der Waals surface area contributed by atoms with Crippen molar-refractivity contribution in [2.75, 3.05) is 33.7 Å². The molecule has 1 aromatic carbocycles. The van der Waals surface area contributed by atoms with E-state index in [2.05, 4.69) is 60.7 Å². The summed E-state index contributed by atoms with van der Waals surface area (Å²) in [6.45, 7) is 10.4. The van der Waals surface area contributed by atoms with E-state index in [9.17, 15) is 4.79 Å². The van der Waals surface area contributed by atoms with Crippen molar-refractivity contribution >= 4 is 11.9 Å². The Morgan fingerprint density at radius 3 is 2.25 bits per heavy atom. The van der Waals surface area contributed by atoms with Gasteiger partial charge in [0.2, 0.25) is 5.91 Å². The van der Waals surface area contributed by atoms with Crippen molar-refractivity contribution in [3.05, 3.63) is 35.4 Å². The molecule has 0 heterocycles. The maximum absolute atomic E-state index is 11.6. The molecule has 0 atom stereocenters. The summed E-state index contributed by atoms with van der Waals surface area (Å²) in [5.74, 6) is 0.670. The number of rotatable bonds is 6. The fourth-order valence-corrected chi connectivity index (χ4v) is 2.13. The molecule has 24 heavy (non-hydrogen) atoms. The first-order valence-electron chi connectivity index (χ1n) is 8.55. The largest absolute Gasteiger partial charge is 0.357 e. The number of nitrogens with one attached hydrogen (secondary N) is 2. The van der Waals surface area contributed by atoms with E-state index in [0.29, 0.717) is 5.96 Å². The minimum Gasteiger partial charge on any atom is -0.357 e. The molecule has 5 heteroatoms. The number of benzene rings is 1. The number of aliphatic imine (C=N–C) groups is 1. The molecule has 0 bridgehead atoms. The highest BCUT2D eigenvalue weighted by Crippen LogP contribution is 2.22. The lowest BCUT2D eigenvalue weighted by Crippen LogP contribution is -2.39. The second-order valence-corrected chi connectivity index (χ2v) is 7.11. The molecule has 0 fully saturated rings. The molecule has 1 amide bonds. The number of carbonyl (C=O) groups excluding carboxylic acids is 1. The van der Waals surface area contributed by atoms with Crippen LogP contribution in [0.5, 0.6) is 0 Å². The van der Waals surface area contributed by atoms with Crippen molar-refractivity contribution < 1.29 is 4.79 Å². The zero-order valence-corrected chi connectivity index (χ0v) is 15.9. The standard InChI is InChI=1S/C19H32N4O/c1-7-20-18(22-14-17(24)23(5)6)21-13-12-15-8-10-16(11-9-15)19(2,3)4/h8-11H,7,12-14H2,1-6H3,(H2,20,21,22). The molecule has 134 valence electrons. The highest BCUT2D eigenvalue weighted by atomic mass is 16.2. The molecular formula is C19H32N4O. The van der Waals surface area contributed by atoms with E-state index in [1.807, 2.05) is 6.92 Å². The fraction of sp³-hybridized carbons (Fsp3) is 0.579. The lowest BCUT2D eigenvalue weighted by Gasteiger charge is -2.19. The molecule has 0 aliphatic rings. The number of carbonyl (C=O) groups is 1. The minimum absolute atomic E-state index is 0.00929. The summed E-state index contributed by atoms with van der Waals surface area (Å²) in [7, 11) is 3.47. The van der Waals surface area contributed by atoms with Crippen LogP contribution in [0.25, 0.3) is 0 Å². The first-order chi connectivity index (χ1) is 11.2. The van der Waals surface area contributed by atoms with E-state index in [0.717, 1.165) is 19.5 Å². The Kier molecular flexibility index (Phi) is 7.75. The van der Waals surface area contributed by atoms with Crippen molar-refractivity contribution in [2.45, 2.75) is 39.5 Å². The predicted molar refractivity (Wildman–Crippen MR) is 102 cm³/mol. The van der Waals surface area contributed by atoms with Gasteiger partial charge in [0.15, 0.2) is 5.96 Å². The number of amides is 1. The predicted octanol–water partition coefficient (Wildman–Crippen LogP) is 2.17. The van der Waals surface area contributed by atoms with E-state index >= 15 is 0 Å². The van der Waals surface area contributed by atoms with E-state index in [1.165, 1.54) is 11.1 Å². The van der Waals surface area contributed by atoms with Crippen LogP contribution in [0, 0.1) is 0 Å². The molecule has 0 aromatic heterocycles. The van der Waals surface area contributed by atoms with Crippen molar-refractivity contribution in [1.82, 2.24) is 15.5 Å². The zero-order valence-electron chi connectivity index (χ0n) is 15.9. The van der Waals surface area contributed by atoms with Crippen molar-refractivity contribution in [1.29, 1.82) is 0 Å². The van der Waals surface area contributed by atoms with Crippen molar-refractivity contribution in [3.8, 4) is 0 Å². The number of likely N-dealkylation sites (N-methyl/N-ethyl adjacent to an activating group) is 1. The van der Waals surface area contributed by atoms with E-state index in [-0.39, 0.29) is 17.9 Å². The third-order valence-corrected chi connectivity index (χ3v) is 3.74. The summed E-state index contributed by atoms with van der Waals surface area (Å²) in [4.78, 5) is 17.5. The molecule has 2 N–H and O–H groups in total. The van der Waals surface area contributed by atoms with Crippen LogP contribution < -0.4 is 10.6 Å². The summed E-state index contributed by atoms with van der Waals surface area (Å²) in [5.41, 5.74) is 2.81. The summed E-state index contributed by atoms with van der Waals surface area (Å²) in [5, 5.41) is 6.44. The SMILES string of the molecule is CCNC(=NCC(=O)N(C)C)NCCc1ccc(C(C)(C)C)cc1. The average molecular weight is 332 g/mol. The number of hydrogen-bond donors (Lipinski definition) is 2. The molecule has 0 spiro atoms. The molecule has 1 rings (SSSR count). The van der Waals surface area contributed by atoms with Gasteiger partial charge in [-0.3, -0.25) is 4.79 Å². The van der Waals surface area contributed by atoms with Gasteiger partial charge in [0.05, 0.1) is 0 Å². The van der Waals surface area contributed by atoms with Crippen LogP contribution in [0.15, 0.2) is 29.3 Å². The monoisotopic (exact) mass is 332 g/mol. The van der Waals surface area contributed by atoms with Crippen LogP contribution in [0.2, 0.25) is 0 Å². The third-order valence-electron chi connectivity index (χ3n) is 3.74. The summed E-state index contributed by atoms with van der Waals surface area (Å²) in [6, 6.07) is 8.76. The van der Waals surface area contributed by atoms with E-state index in [4.69, 9.17) is 0 Å². The normalized spacial score (nSPS) is 12.0. The van der Waals surface area contributed by atoms with Gasteiger partial charge in [-0.1, -0.05) is 45.0 Å². The molecule has 0 unspecified atom stereocenters. The molecule has 0 saturated heterocycles. The van der Waals surface area contributed by atoms with Crippen LogP contribution in [-0.4, -0.2) is 50.5 Å². The Labute approximate surface area is 146 Å². The van der Waals surface area contributed by atoms with Crippen molar-refractivity contribution in [2.24, 2.45) is 4.99 Å². The molecular weight excluding hydrogens is 300 g/mol. The minimum atomic E-state index is -0.00929. The smallest absolute Gasteiger partial charge is 0.243 e. The maximum Gasteiger partial charge on any atom is 0.243 e. The Morgan fingerprint density at radius 1 is 1.12 bits per heavy atom. The second kappa shape index (κ2) is 9.30. The second-order valence-electron chi connectivity index (χ2n) is 7.11. The lowest BCUT2D eigenvalue weighted by molar-refractivity contribution is -0.127. The Balaban J connectivity index is 2.53. The quantitative estimate of drug-likeness (QED) is 0.620. The number of guanidine groups is 1. The molecule has 0 radical (unpaired) electrons. The van der Waals surface area contributed by atoms with Crippen LogP contribution in [0.3, 0.4) is 0 Å². The average Bonchev–Trinajstić information content (AvgIpc) is 2.51. The molecule has 0 saturated carbocycles. The highest BCUT2D eigenvalue weighted by Gasteiger charge is 2.12. The molecule has 1 aromatic rings. The highest BCUT2D eigenvalue weighted by molar-refractivity contribution is 5.84. The first kappa shape index (κ1) is 20.0. The van der Waals surface area contributed by atoms with Gasteiger partial charge < -0.3 is 15.5 Å². The first-order valence-corrected chi connectivity index (χ1v) is 8.55. The Morgan fingerprint density at radius 2 is 1.75 bits per heavy atom. The van der Waals surface area contributed by atoms with Gasteiger partial charge in [0.1, 0.15) is 6.54 Å². The van der Waals surface area contributed by atoms with Gasteiger partial charge in [-0.2, -0.15) is 0 Å². The maximum atomic E-state index is 11.6. The molecule has 0 aliphatic carbocycles. The topological polar surface area (TPSA) is 56.7 Å². The van der Waals surface area contributed by atoms with Gasteiger partial charge in [0, 0.05) is 27.2 Å². The van der Waals surface area contributed by atoms with Gasteiger partial charge in [-0.15, -0.1) is 0 Å². The van der Waals surface area contributed by atoms with Crippen LogP contribution >= 0.6 is 0 Å².